The van der Waals surface area contributed by atoms with Crippen molar-refractivity contribution < 1.29 is 0 Å². The van der Waals surface area contributed by atoms with E-state index < -0.39 is 0 Å². The third kappa shape index (κ3) is 3.28. The van der Waals surface area contributed by atoms with Crippen LogP contribution >= 0.6 is 0 Å². The van der Waals surface area contributed by atoms with E-state index in [1.807, 2.05) is 0 Å². The minimum absolute atomic E-state index is 0.764. The molecule has 2 heteroatoms. The van der Waals surface area contributed by atoms with Crippen LogP contribution in [0.1, 0.15) is 33.6 Å². The molecule has 0 aliphatic carbocycles. The Morgan fingerprint density at radius 1 is 1.23 bits per heavy atom. The molecule has 0 aromatic rings. The second-order valence-corrected chi connectivity index (χ2v) is 4.63. The van der Waals surface area contributed by atoms with E-state index in [0.29, 0.717) is 0 Å². The van der Waals surface area contributed by atoms with E-state index >= 15 is 0 Å². The predicted octanol–water partition coefficient (Wildman–Crippen LogP) is 2.02. The molecule has 0 radical (unpaired) electrons. The van der Waals surface area contributed by atoms with Gasteiger partial charge in [-0.2, -0.15) is 0 Å². The second kappa shape index (κ2) is 4.97. The lowest BCUT2D eigenvalue weighted by molar-refractivity contribution is 0.192. The summed E-state index contributed by atoms with van der Waals surface area (Å²) in [6.45, 7) is 10.7. The van der Waals surface area contributed by atoms with Crippen molar-refractivity contribution in [2.75, 3.05) is 26.8 Å². The topological polar surface area (TPSA) is 6.48 Å². The van der Waals surface area contributed by atoms with Gasteiger partial charge in [-0.05, 0) is 26.3 Å². The van der Waals surface area contributed by atoms with Crippen molar-refractivity contribution in [3.8, 4) is 0 Å². The normalized spacial score (nSPS) is 24.9. The third-order valence-corrected chi connectivity index (χ3v) is 3.26. The summed E-state index contributed by atoms with van der Waals surface area (Å²) < 4.78 is 0. The molecule has 78 valence electrons. The van der Waals surface area contributed by atoms with Crippen LogP contribution in [0.25, 0.3) is 0 Å². The maximum absolute atomic E-state index is 2.59. The summed E-state index contributed by atoms with van der Waals surface area (Å²) in [6.07, 6.45) is 2.67. The van der Waals surface area contributed by atoms with Crippen LogP contribution in [-0.2, 0) is 0 Å². The van der Waals surface area contributed by atoms with E-state index in [1.165, 1.54) is 25.9 Å². The number of nitrogens with zero attached hydrogens (tertiary/aromatic N) is 2. The molecule has 1 aliphatic heterocycles. The first-order valence-corrected chi connectivity index (χ1v) is 5.56. The molecule has 0 spiro atoms. The van der Waals surface area contributed by atoms with Gasteiger partial charge in [0.25, 0.3) is 0 Å². The fraction of sp³-hybridized carbons (Fsp3) is 1.00. The van der Waals surface area contributed by atoms with Crippen molar-refractivity contribution >= 4 is 0 Å². The maximum Gasteiger partial charge on any atom is 0.0507 e. The zero-order chi connectivity index (χ0) is 9.84. The fourth-order valence-electron chi connectivity index (χ4n) is 2.01. The lowest BCUT2D eigenvalue weighted by atomic mass is 10.00. The van der Waals surface area contributed by atoms with Crippen LogP contribution in [0.4, 0.5) is 0 Å². The predicted molar refractivity (Wildman–Crippen MR) is 57.7 cm³/mol. The molecule has 2 unspecified atom stereocenters. The van der Waals surface area contributed by atoms with Gasteiger partial charge in [-0.15, -0.1) is 0 Å². The molecule has 0 bridgehead atoms. The summed E-state index contributed by atoms with van der Waals surface area (Å²) in [5.41, 5.74) is 0. The molecule has 2 nitrogen and oxygen atoms in total. The van der Waals surface area contributed by atoms with E-state index in [-0.39, 0.29) is 0 Å². The van der Waals surface area contributed by atoms with Gasteiger partial charge in [0.1, 0.15) is 0 Å². The van der Waals surface area contributed by atoms with Gasteiger partial charge >= 0.3 is 0 Å². The Morgan fingerprint density at radius 3 is 2.38 bits per heavy atom. The molecular weight excluding hydrogens is 160 g/mol. The average Bonchev–Trinajstić information content (AvgIpc) is 2.51. The van der Waals surface area contributed by atoms with Gasteiger partial charge < -0.3 is 0 Å². The highest BCUT2D eigenvalue weighted by Crippen LogP contribution is 2.16. The molecule has 0 saturated carbocycles. The van der Waals surface area contributed by atoms with E-state index in [4.69, 9.17) is 0 Å². The first-order chi connectivity index (χ1) is 6.13. The Bertz CT molecular complexity index is 147. The van der Waals surface area contributed by atoms with Gasteiger partial charge in [0, 0.05) is 19.1 Å². The molecule has 0 aromatic heterocycles. The van der Waals surface area contributed by atoms with Crippen molar-refractivity contribution in [3.05, 3.63) is 0 Å². The quantitative estimate of drug-likeness (QED) is 0.659. The Morgan fingerprint density at radius 2 is 1.92 bits per heavy atom. The fourth-order valence-corrected chi connectivity index (χ4v) is 2.01. The summed E-state index contributed by atoms with van der Waals surface area (Å²) in [5.74, 6) is 0.876. The Hall–Kier alpha value is -0.0800. The molecule has 1 fully saturated rings. The molecule has 1 heterocycles. The maximum atomic E-state index is 2.59. The molecule has 1 aliphatic rings. The first kappa shape index (κ1) is 11.0. The van der Waals surface area contributed by atoms with Crippen LogP contribution in [0.5, 0.6) is 0 Å². The van der Waals surface area contributed by atoms with Gasteiger partial charge in [0.15, 0.2) is 0 Å². The van der Waals surface area contributed by atoms with Crippen LogP contribution in [0.2, 0.25) is 0 Å². The zero-order valence-electron chi connectivity index (χ0n) is 9.58. The standard InChI is InChI=1S/C11H24N2/c1-5-10(2)8-11(3)13-7-6-12(4)9-13/h10-11H,5-9H2,1-4H3. The van der Waals surface area contributed by atoms with Crippen LogP contribution in [0.3, 0.4) is 0 Å². The van der Waals surface area contributed by atoms with Gasteiger partial charge in [0.05, 0.1) is 6.67 Å². The SMILES string of the molecule is CCC(C)CC(C)N1CCN(C)C1. The Balaban J connectivity index is 2.27. The van der Waals surface area contributed by atoms with Crippen LogP contribution in [0, 0.1) is 5.92 Å². The van der Waals surface area contributed by atoms with E-state index in [1.54, 1.807) is 0 Å². The molecule has 2 atom stereocenters. The summed E-state index contributed by atoms with van der Waals surface area (Å²) in [6, 6.07) is 0.764. The number of likely N-dealkylation sites (N-methyl/N-ethyl adjacent to an activating group) is 1. The molecule has 0 aromatic carbocycles. The van der Waals surface area contributed by atoms with Crippen molar-refractivity contribution in [3.63, 3.8) is 0 Å². The second-order valence-electron chi connectivity index (χ2n) is 4.63. The molecule has 0 N–H and O–H groups in total. The molecular formula is C11H24N2. The van der Waals surface area contributed by atoms with Crippen molar-refractivity contribution in [1.29, 1.82) is 0 Å². The highest BCUT2D eigenvalue weighted by molar-refractivity contribution is 4.75. The monoisotopic (exact) mass is 184 g/mol. The molecule has 0 amide bonds. The Labute approximate surface area is 82.9 Å². The van der Waals surface area contributed by atoms with E-state index in [9.17, 15) is 0 Å². The largest absolute Gasteiger partial charge is 0.292 e. The van der Waals surface area contributed by atoms with E-state index in [0.717, 1.165) is 18.6 Å². The Kier molecular flexibility index (Phi) is 4.20. The minimum atomic E-state index is 0.764. The molecule has 1 saturated heterocycles. The van der Waals surface area contributed by atoms with Crippen molar-refractivity contribution in [2.24, 2.45) is 5.92 Å². The number of rotatable bonds is 4. The summed E-state index contributed by atoms with van der Waals surface area (Å²) >= 11 is 0. The summed E-state index contributed by atoms with van der Waals surface area (Å²) in [5, 5.41) is 0. The van der Waals surface area contributed by atoms with Crippen LogP contribution in [0.15, 0.2) is 0 Å². The summed E-state index contributed by atoms with van der Waals surface area (Å²) in [7, 11) is 2.20. The summed E-state index contributed by atoms with van der Waals surface area (Å²) in [4.78, 5) is 4.99. The van der Waals surface area contributed by atoms with Gasteiger partial charge in [0.2, 0.25) is 0 Å². The van der Waals surface area contributed by atoms with Crippen LogP contribution < -0.4 is 0 Å². The lowest BCUT2D eigenvalue weighted by Crippen LogP contribution is -2.33. The average molecular weight is 184 g/mol. The zero-order valence-corrected chi connectivity index (χ0v) is 9.58. The lowest BCUT2D eigenvalue weighted by Gasteiger charge is -2.26. The van der Waals surface area contributed by atoms with Gasteiger partial charge in [-0.3, -0.25) is 9.80 Å². The van der Waals surface area contributed by atoms with E-state index in [2.05, 4.69) is 37.6 Å². The molecule has 1 rings (SSSR count). The van der Waals surface area contributed by atoms with Crippen LogP contribution in [-0.4, -0.2) is 42.6 Å². The van der Waals surface area contributed by atoms with Crippen molar-refractivity contribution in [1.82, 2.24) is 9.80 Å². The highest BCUT2D eigenvalue weighted by atomic mass is 15.4. The van der Waals surface area contributed by atoms with Gasteiger partial charge in [-0.25, -0.2) is 0 Å². The minimum Gasteiger partial charge on any atom is -0.292 e. The highest BCUT2D eigenvalue weighted by Gasteiger charge is 2.22. The molecule has 13 heavy (non-hydrogen) atoms. The van der Waals surface area contributed by atoms with Crippen molar-refractivity contribution in [2.45, 2.75) is 39.7 Å². The number of hydrogen-bond acceptors (Lipinski definition) is 2. The van der Waals surface area contributed by atoms with Gasteiger partial charge in [-0.1, -0.05) is 20.3 Å². The smallest absolute Gasteiger partial charge is 0.0507 e. The first-order valence-electron chi connectivity index (χ1n) is 5.56. The number of hydrogen-bond donors (Lipinski definition) is 0. The third-order valence-electron chi connectivity index (χ3n) is 3.26.